The zero-order valence-electron chi connectivity index (χ0n) is 22.5. The molecule has 190 valence electrons. The van der Waals surface area contributed by atoms with Crippen molar-refractivity contribution in [3.63, 3.8) is 0 Å². The lowest BCUT2D eigenvalue weighted by Gasteiger charge is -2.21. The zero-order valence-corrected chi connectivity index (χ0v) is 22.5. The van der Waals surface area contributed by atoms with E-state index in [-0.39, 0.29) is 5.41 Å². The number of hydrogen-bond donors (Lipinski definition) is 0. The second kappa shape index (κ2) is 8.53. The number of para-hydroxylation sites is 1. The van der Waals surface area contributed by atoms with Crippen LogP contribution >= 0.6 is 0 Å². The first-order valence-corrected chi connectivity index (χ1v) is 13.8. The minimum Gasteiger partial charge on any atom is -0.455 e. The molecular weight excluding hydrogens is 486 g/mol. The molecule has 2 heterocycles. The maximum Gasteiger partial charge on any atom is 0.144 e. The van der Waals surface area contributed by atoms with Crippen LogP contribution in [0.4, 0.5) is 0 Å². The molecular formula is C38H27NO. The average molecular weight is 514 g/mol. The van der Waals surface area contributed by atoms with Crippen molar-refractivity contribution >= 4 is 21.9 Å². The van der Waals surface area contributed by atoms with Crippen molar-refractivity contribution < 1.29 is 4.42 Å². The van der Waals surface area contributed by atoms with Crippen molar-refractivity contribution in [1.82, 2.24) is 4.98 Å². The topological polar surface area (TPSA) is 26.0 Å². The first-order valence-electron chi connectivity index (χ1n) is 13.8. The molecule has 0 amide bonds. The SMILES string of the molecule is CC1(C)c2ccccc2-c2cc3c(cc21)oc1c(-c2cc(-c4ccccc4)cc(-c4ccccc4)n2)cccc13. The van der Waals surface area contributed by atoms with Gasteiger partial charge in [-0.15, -0.1) is 0 Å². The predicted molar refractivity (Wildman–Crippen MR) is 165 cm³/mol. The van der Waals surface area contributed by atoms with Gasteiger partial charge < -0.3 is 4.42 Å². The number of benzene rings is 5. The Bertz CT molecular complexity index is 2010. The van der Waals surface area contributed by atoms with Crippen molar-refractivity contribution in [2.45, 2.75) is 19.3 Å². The van der Waals surface area contributed by atoms with Gasteiger partial charge in [0.25, 0.3) is 0 Å². The molecule has 0 spiro atoms. The van der Waals surface area contributed by atoms with Gasteiger partial charge in [-0.25, -0.2) is 4.98 Å². The second-order valence-corrected chi connectivity index (χ2v) is 11.2. The summed E-state index contributed by atoms with van der Waals surface area (Å²) in [6.07, 6.45) is 0. The minimum absolute atomic E-state index is 0.0714. The highest BCUT2D eigenvalue weighted by molar-refractivity contribution is 6.11. The van der Waals surface area contributed by atoms with Crippen molar-refractivity contribution in [1.29, 1.82) is 0 Å². The summed E-state index contributed by atoms with van der Waals surface area (Å²) < 4.78 is 6.71. The summed E-state index contributed by atoms with van der Waals surface area (Å²) in [6, 6.07) is 45.0. The van der Waals surface area contributed by atoms with Crippen molar-refractivity contribution in [2.75, 3.05) is 0 Å². The number of rotatable bonds is 3. The van der Waals surface area contributed by atoms with Gasteiger partial charge in [-0.1, -0.05) is 111 Å². The Morgan fingerprint density at radius 3 is 1.98 bits per heavy atom. The van der Waals surface area contributed by atoms with Crippen LogP contribution in [0.2, 0.25) is 0 Å². The Hall–Kier alpha value is -4.95. The molecule has 0 unspecified atom stereocenters. The van der Waals surface area contributed by atoms with Gasteiger partial charge >= 0.3 is 0 Å². The van der Waals surface area contributed by atoms with Gasteiger partial charge in [0.15, 0.2) is 0 Å². The number of hydrogen-bond acceptors (Lipinski definition) is 2. The summed E-state index contributed by atoms with van der Waals surface area (Å²) >= 11 is 0. The van der Waals surface area contributed by atoms with Crippen LogP contribution in [0.3, 0.4) is 0 Å². The third kappa shape index (κ3) is 3.39. The molecule has 40 heavy (non-hydrogen) atoms. The summed E-state index contributed by atoms with van der Waals surface area (Å²) in [4.78, 5) is 5.18. The number of nitrogens with zero attached hydrogens (tertiary/aromatic N) is 1. The average Bonchev–Trinajstić information content (AvgIpc) is 3.49. The second-order valence-electron chi connectivity index (χ2n) is 11.2. The molecule has 0 bridgehead atoms. The first kappa shape index (κ1) is 23.0. The standard InChI is InChI=1S/C38H27NO/c1-38(2)32-19-10-9-16-27(32)30-22-31-28-17-11-18-29(37(28)40-36(31)23-33(30)38)35-21-26(24-12-5-3-6-13-24)20-34(39-35)25-14-7-4-8-15-25/h3-23H,1-2H3. The highest BCUT2D eigenvalue weighted by atomic mass is 16.3. The van der Waals surface area contributed by atoms with Gasteiger partial charge in [0.1, 0.15) is 11.2 Å². The monoisotopic (exact) mass is 513 g/mol. The first-order chi connectivity index (χ1) is 19.6. The van der Waals surface area contributed by atoms with Crippen LogP contribution in [0.1, 0.15) is 25.0 Å². The molecule has 0 saturated heterocycles. The van der Waals surface area contributed by atoms with Gasteiger partial charge in [-0.3, -0.25) is 0 Å². The Morgan fingerprint density at radius 1 is 0.500 bits per heavy atom. The fraction of sp³-hybridized carbons (Fsp3) is 0.0789. The fourth-order valence-electron chi connectivity index (χ4n) is 6.42. The van der Waals surface area contributed by atoms with E-state index in [1.807, 2.05) is 6.07 Å². The molecule has 0 aliphatic heterocycles. The Kier molecular flexibility index (Phi) is 4.90. The smallest absolute Gasteiger partial charge is 0.144 e. The third-order valence-electron chi connectivity index (χ3n) is 8.48. The van der Waals surface area contributed by atoms with E-state index in [1.54, 1.807) is 0 Å². The molecule has 2 aromatic heterocycles. The zero-order chi connectivity index (χ0) is 26.8. The molecule has 2 nitrogen and oxygen atoms in total. The number of pyridine rings is 1. The lowest BCUT2D eigenvalue weighted by atomic mass is 9.82. The van der Waals surface area contributed by atoms with Crippen LogP contribution in [0.25, 0.3) is 66.7 Å². The van der Waals surface area contributed by atoms with Crippen LogP contribution in [0.5, 0.6) is 0 Å². The van der Waals surface area contributed by atoms with Crippen molar-refractivity contribution in [2.24, 2.45) is 0 Å². The Balaban J connectivity index is 1.37. The molecule has 8 rings (SSSR count). The van der Waals surface area contributed by atoms with Crippen LogP contribution in [-0.2, 0) is 5.41 Å². The van der Waals surface area contributed by atoms with Crippen LogP contribution in [-0.4, -0.2) is 4.98 Å². The third-order valence-corrected chi connectivity index (χ3v) is 8.48. The number of furan rings is 1. The molecule has 0 N–H and O–H groups in total. The van der Waals surface area contributed by atoms with Crippen molar-refractivity contribution in [3.8, 4) is 44.8 Å². The van der Waals surface area contributed by atoms with Crippen LogP contribution in [0.15, 0.2) is 132 Å². The lowest BCUT2D eigenvalue weighted by Crippen LogP contribution is -2.14. The molecule has 0 radical (unpaired) electrons. The van der Waals surface area contributed by atoms with E-state index in [2.05, 4.69) is 135 Å². The van der Waals surface area contributed by atoms with E-state index in [1.165, 1.54) is 22.3 Å². The summed E-state index contributed by atoms with van der Waals surface area (Å²) in [7, 11) is 0. The lowest BCUT2D eigenvalue weighted by molar-refractivity contribution is 0.647. The molecule has 0 saturated carbocycles. The van der Waals surface area contributed by atoms with E-state index in [4.69, 9.17) is 9.40 Å². The quantitative estimate of drug-likeness (QED) is 0.235. The summed E-state index contributed by atoms with van der Waals surface area (Å²) in [5.41, 5.74) is 13.3. The summed E-state index contributed by atoms with van der Waals surface area (Å²) in [5.74, 6) is 0. The molecule has 5 aromatic carbocycles. The molecule has 1 aliphatic carbocycles. The van der Waals surface area contributed by atoms with E-state index in [0.717, 1.165) is 55.6 Å². The highest BCUT2D eigenvalue weighted by Crippen LogP contribution is 2.51. The maximum atomic E-state index is 6.71. The van der Waals surface area contributed by atoms with E-state index in [0.29, 0.717) is 0 Å². The molecule has 7 aromatic rings. The van der Waals surface area contributed by atoms with Gasteiger partial charge in [-0.05, 0) is 63.7 Å². The summed E-state index contributed by atoms with van der Waals surface area (Å²) in [5, 5.41) is 2.26. The van der Waals surface area contributed by atoms with E-state index >= 15 is 0 Å². The van der Waals surface area contributed by atoms with Crippen LogP contribution in [0, 0.1) is 0 Å². The molecule has 2 heteroatoms. The number of fused-ring (bicyclic) bond motifs is 6. The maximum absolute atomic E-state index is 6.71. The van der Waals surface area contributed by atoms with Gasteiger partial charge in [-0.2, -0.15) is 0 Å². The largest absolute Gasteiger partial charge is 0.455 e. The molecule has 1 aliphatic rings. The number of aromatic nitrogens is 1. The molecule has 0 atom stereocenters. The molecule has 0 fully saturated rings. The minimum atomic E-state index is -0.0714. The van der Waals surface area contributed by atoms with Gasteiger partial charge in [0.05, 0.1) is 11.4 Å². The predicted octanol–water partition coefficient (Wildman–Crippen LogP) is 10.3. The Morgan fingerprint density at radius 2 is 1.18 bits per heavy atom. The fourth-order valence-corrected chi connectivity index (χ4v) is 6.42. The van der Waals surface area contributed by atoms with Crippen molar-refractivity contribution in [3.05, 3.63) is 139 Å². The van der Waals surface area contributed by atoms with E-state index < -0.39 is 0 Å². The highest BCUT2D eigenvalue weighted by Gasteiger charge is 2.36. The Labute approximate surface area is 233 Å². The van der Waals surface area contributed by atoms with Crippen LogP contribution < -0.4 is 0 Å². The summed E-state index contributed by atoms with van der Waals surface area (Å²) in [6.45, 7) is 4.61. The normalized spacial score (nSPS) is 13.4. The van der Waals surface area contributed by atoms with Gasteiger partial charge in [0, 0.05) is 27.3 Å². The van der Waals surface area contributed by atoms with E-state index in [9.17, 15) is 0 Å². The van der Waals surface area contributed by atoms with Gasteiger partial charge in [0.2, 0.25) is 0 Å².